The van der Waals surface area contributed by atoms with Crippen LogP contribution in [0.3, 0.4) is 0 Å². The van der Waals surface area contributed by atoms with Gasteiger partial charge in [-0.1, -0.05) is 6.07 Å². The molecule has 2 aromatic rings. The number of nitrogens with zero attached hydrogens (tertiary/aromatic N) is 4. The summed E-state index contributed by atoms with van der Waals surface area (Å²) in [6, 6.07) is 4.21. The van der Waals surface area contributed by atoms with Gasteiger partial charge in [-0.3, -0.25) is 9.48 Å². The fraction of sp³-hybridized carbons (Fsp3) is 0.478. The number of hydrogen-bond donors (Lipinski definition) is 0. The number of aromatic nitrogens is 2. The number of halogens is 1. The van der Waals surface area contributed by atoms with Gasteiger partial charge in [0.15, 0.2) is 0 Å². The molecule has 2 aliphatic heterocycles. The first-order valence-electron chi connectivity index (χ1n) is 10.8. The molecule has 0 saturated carbocycles. The Morgan fingerprint density at radius 1 is 1.21 bits per heavy atom. The maximum atomic E-state index is 14.7. The molecule has 33 heavy (non-hydrogen) atoms. The molecule has 0 radical (unpaired) electrons. The van der Waals surface area contributed by atoms with Crippen LogP contribution in [0.25, 0.3) is 0 Å². The maximum Gasteiger partial charge on any atom is 0.410 e. The lowest BCUT2D eigenvalue weighted by Gasteiger charge is -2.31. The van der Waals surface area contributed by atoms with Gasteiger partial charge in [0.25, 0.3) is 0 Å². The van der Waals surface area contributed by atoms with Crippen LogP contribution in [-0.4, -0.2) is 58.5 Å². The summed E-state index contributed by atoms with van der Waals surface area (Å²) in [4.78, 5) is 40.8. The first-order chi connectivity index (χ1) is 15.6. The van der Waals surface area contributed by atoms with Crippen LogP contribution < -0.4 is 4.90 Å². The van der Waals surface area contributed by atoms with Crippen molar-refractivity contribution in [1.29, 1.82) is 0 Å². The van der Waals surface area contributed by atoms with Crippen molar-refractivity contribution in [3.8, 4) is 0 Å². The van der Waals surface area contributed by atoms with Gasteiger partial charge in [0.2, 0.25) is 5.91 Å². The number of hydrogen-bond acceptors (Lipinski definition) is 6. The van der Waals surface area contributed by atoms with Crippen LogP contribution in [0.1, 0.15) is 54.7 Å². The molecule has 2 aliphatic rings. The summed E-state index contributed by atoms with van der Waals surface area (Å²) in [7, 11) is 1.23. The lowest BCUT2D eigenvalue weighted by Crippen LogP contribution is -2.42. The Labute approximate surface area is 191 Å². The summed E-state index contributed by atoms with van der Waals surface area (Å²) >= 11 is 0. The molecular formula is C23H27FN4O5. The van der Waals surface area contributed by atoms with Crippen LogP contribution in [0.4, 0.5) is 14.9 Å². The maximum absolute atomic E-state index is 14.7. The summed E-state index contributed by atoms with van der Waals surface area (Å²) in [5, 5.41) is 4.37. The molecular weight excluding hydrogens is 431 g/mol. The van der Waals surface area contributed by atoms with Crippen LogP contribution in [0, 0.1) is 5.82 Å². The zero-order valence-corrected chi connectivity index (χ0v) is 19.1. The van der Waals surface area contributed by atoms with Crippen molar-refractivity contribution >= 4 is 23.7 Å². The second kappa shape index (κ2) is 8.49. The van der Waals surface area contributed by atoms with Crippen LogP contribution in [-0.2, 0) is 27.4 Å². The smallest absolute Gasteiger partial charge is 0.410 e. The average molecular weight is 458 g/mol. The predicted molar refractivity (Wildman–Crippen MR) is 116 cm³/mol. The molecule has 0 N–H and O–H groups in total. The minimum absolute atomic E-state index is 0.0470. The Hall–Kier alpha value is -3.43. The van der Waals surface area contributed by atoms with Crippen LogP contribution in [0.2, 0.25) is 0 Å². The molecule has 0 spiro atoms. The minimum Gasteiger partial charge on any atom is -0.465 e. The van der Waals surface area contributed by atoms with Crippen LogP contribution in [0.15, 0.2) is 24.4 Å². The lowest BCUT2D eigenvalue weighted by molar-refractivity contribution is -0.117. The van der Waals surface area contributed by atoms with E-state index >= 15 is 0 Å². The number of esters is 1. The zero-order valence-electron chi connectivity index (χ0n) is 19.1. The van der Waals surface area contributed by atoms with E-state index in [4.69, 9.17) is 9.47 Å². The summed E-state index contributed by atoms with van der Waals surface area (Å²) < 4.78 is 26.8. The summed E-state index contributed by atoms with van der Waals surface area (Å²) in [6.45, 7) is 6.76. The number of methoxy groups -OCH3 is 1. The largest absolute Gasteiger partial charge is 0.465 e. The molecule has 1 aromatic carbocycles. The molecule has 4 rings (SSSR count). The van der Waals surface area contributed by atoms with Gasteiger partial charge < -0.3 is 19.3 Å². The van der Waals surface area contributed by atoms with Crippen LogP contribution >= 0.6 is 0 Å². The predicted octanol–water partition coefficient (Wildman–Crippen LogP) is 3.08. The summed E-state index contributed by atoms with van der Waals surface area (Å²) in [6.07, 6.45) is 1.21. The number of carbonyl (C=O) groups is 3. The van der Waals surface area contributed by atoms with E-state index in [9.17, 15) is 18.8 Å². The van der Waals surface area contributed by atoms with Gasteiger partial charge in [-0.2, -0.15) is 5.10 Å². The van der Waals surface area contributed by atoms with Crippen molar-refractivity contribution in [2.24, 2.45) is 0 Å². The third-order valence-corrected chi connectivity index (χ3v) is 5.78. The quantitative estimate of drug-likeness (QED) is 0.657. The lowest BCUT2D eigenvalue weighted by atomic mass is 9.92. The van der Waals surface area contributed by atoms with Crippen molar-refractivity contribution < 1.29 is 28.2 Å². The van der Waals surface area contributed by atoms with Crippen molar-refractivity contribution in [2.45, 2.75) is 51.8 Å². The van der Waals surface area contributed by atoms with E-state index in [1.807, 2.05) is 0 Å². The fourth-order valence-electron chi connectivity index (χ4n) is 4.31. The Morgan fingerprint density at radius 3 is 2.67 bits per heavy atom. The van der Waals surface area contributed by atoms with Gasteiger partial charge in [-0.15, -0.1) is 0 Å². The molecule has 0 bridgehead atoms. The molecule has 2 amide bonds. The highest BCUT2D eigenvalue weighted by atomic mass is 19.1. The molecule has 1 unspecified atom stereocenters. The molecule has 9 nitrogen and oxygen atoms in total. The van der Waals surface area contributed by atoms with Crippen LogP contribution in [0.5, 0.6) is 0 Å². The second-order valence-corrected chi connectivity index (χ2v) is 9.20. The number of anilines is 1. The Balaban J connectivity index is 1.59. The SMILES string of the molecule is COC(=O)c1cccc(F)c1C1CC(=O)N(c2cnn3c2CN(C(=O)OC(C)(C)C)CC3)C1. The van der Waals surface area contributed by atoms with Crippen molar-refractivity contribution in [3.63, 3.8) is 0 Å². The van der Waals surface area contributed by atoms with E-state index in [1.54, 1.807) is 41.4 Å². The number of ether oxygens (including phenoxy) is 2. The van der Waals surface area contributed by atoms with Gasteiger partial charge >= 0.3 is 12.1 Å². The minimum atomic E-state index is -0.647. The number of rotatable bonds is 3. The van der Waals surface area contributed by atoms with Gasteiger partial charge in [0, 0.05) is 31.0 Å². The third kappa shape index (κ3) is 4.42. The number of benzene rings is 1. The number of amides is 2. The second-order valence-electron chi connectivity index (χ2n) is 9.20. The first-order valence-corrected chi connectivity index (χ1v) is 10.8. The molecule has 0 aliphatic carbocycles. The zero-order chi connectivity index (χ0) is 23.9. The van der Waals surface area contributed by atoms with E-state index < -0.39 is 29.4 Å². The third-order valence-electron chi connectivity index (χ3n) is 5.78. The summed E-state index contributed by atoms with van der Waals surface area (Å²) in [5.74, 6) is -1.92. The van der Waals surface area contributed by atoms with E-state index in [0.29, 0.717) is 24.5 Å². The molecule has 1 atom stereocenters. The van der Waals surface area contributed by atoms with Gasteiger partial charge in [0.1, 0.15) is 11.4 Å². The normalized spacial score (nSPS) is 18.3. The van der Waals surface area contributed by atoms with Crippen molar-refractivity contribution in [2.75, 3.05) is 25.1 Å². The van der Waals surface area contributed by atoms with E-state index in [0.717, 1.165) is 0 Å². The monoisotopic (exact) mass is 458 g/mol. The molecule has 1 aromatic heterocycles. The highest BCUT2D eigenvalue weighted by Gasteiger charge is 2.38. The van der Waals surface area contributed by atoms with Gasteiger partial charge in [-0.25, -0.2) is 14.0 Å². The van der Waals surface area contributed by atoms with Crippen molar-refractivity contribution in [1.82, 2.24) is 14.7 Å². The van der Waals surface area contributed by atoms with Gasteiger partial charge in [0.05, 0.1) is 43.3 Å². The highest BCUT2D eigenvalue weighted by molar-refractivity contribution is 5.98. The molecule has 176 valence electrons. The highest BCUT2D eigenvalue weighted by Crippen LogP contribution is 2.37. The van der Waals surface area contributed by atoms with Gasteiger partial charge in [-0.05, 0) is 32.9 Å². The molecule has 3 heterocycles. The molecule has 1 saturated heterocycles. The molecule has 10 heteroatoms. The number of fused-ring (bicyclic) bond motifs is 1. The summed E-state index contributed by atoms with van der Waals surface area (Å²) in [5.41, 5.74) is 0.962. The van der Waals surface area contributed by atoms with Crippen molar-refractivity contribution in [3.05, 3.63) is 47.0 Å². The fourth-order valence-corrected chi connectivity index (χ4v) is 4.31. The Morgan fingerprint density at radius 2 is 1.97 bits per heavy atom. The topological polar surface area (TPSA) is 94.0 Å². The Bertz CT molecular complexity index is 1110. The average Bonchev–Trinajstić information content (AvgIpc) is 3.34. The van der Waals surface area contributed by atoms with E-state index in [2.05, 4.69) is 5.10 Å². The molecule has 1 fully saturated rings. The first kappa shape index (κ1) is 22.8. The van der Waals surface area contributed by atoms with E-state index in [-0.39, 0.29) is 36.5 Å². The standard InChI is InChI=1S/C23H27FN4O5/c1-23(2,3)33-22(31)26-8-9-28-18(13-26)17(11-25-28)27-12-14(10-19(27)29)20-15(21(30)32-4)6-5-7-16(20)24/h5-7,11,14H,8-10,12-13H2,1-4H3. The number of carbonyl (C=O) groups excluding carboxylic acids is 3. The van der Waals surface area contributed by atoms with E-state index in [1.165, 1.54) is 25.3 Å². The Kier molecular flexibility index (Phi) is 5.85.